The Hall–Kier alpha value is -2.54. The Morgan fingerprint density at radius 2 is 2.29 bits per heavy atom. The van der Waals surface area contributed by atoms with Gasteiger partial charge in [-0.15, -0.1) is 0 Å². The molecule has 0 bridgehead atoms. The zero-order chi connectivity index (χ0) is 19.9. The van der Waals surface area contributed by atoms with Crippen molar-refractivity contribution in [1.29, 1.82) is 0 Å². The number of aryl methyl sites for hydroxylation is 1. The average molecular weight is 385 g/mol. The van der Waals surface area contributed by atoms with E-state index in [0.29, 0.717) is 19.6 Å². The van der Waals surface area contributed by atoms with Crippen molar-refractivity contribution in [3.63, 3.8) is 0 Å². The van der Waals surface area contributed by atoms with Crippen molar-refractivity contribution in [2.75, 3.05) is 26.8 Å². The molecule has 0 amide bonds. The van der Waals surface area contributed by atoms with E-state index in [1.807, 2.05) is 29.1 Å². The second-order valence-electron chi connectivity index (χ2n) is 7.85. The maximum Gasteiger partial charge on any atom is 0.315 e. The zero-order valence-electron chi connectivity index (χ0n) is 16.6. The Labute approximate surface area is 164 Å². The molecule has 1 aromatic heterocycles. The number of carboxylic acid groups (broad SMARTS) is 1. The highest BCUT2D eigenvalue weighted by molar-refractivity contribution is 5.78. The minimum absolute atomic E-state index is 0.106. The highest BCUT2D eigenvalue weighted by atomic mass is 16.5. The summed E-state index contributed by atoms with van der Waals surface area (Å²) in [5.41, 5.74) is 2.34. The van der Waals surface area contributed by atoms with Crippen LogP contribution in [0.4, 0.5) is 0 Å². The molecule has 0 unspecified atom stereocenters. The number of rotatable bonds is 6. The largest absolute Gasteiger partial charge is 0.497 e. The second kappa shape index (κ2) is 7.13. The SMILES string of the molecule is CCCn1ncc(CN2C[C@H]3c4ccc(OC)cc4OC[C@@]3(C(=O)O)C2)c1C. The lowest BCUT2D eigenvalue weighted by molar-refractivity contribution is -0.151. The molecule has 1 fully saturated rings. The summed E-state index contributed by atoms with van der Waals surface area (Å²) in [5.74, 6) is 0.552. The zero-order valence-corrected chi connectivity index (χ0v) is 16.6. The van der Waals surface area contributed by atoms with Gasteiger partial charge in [-0.05, 0) is 19.4 Å². The van der Waals surface area contributed by atoms with Gasteiger partial charge >= 0.3 is 5.97 Å². The highest BCUT2D eigenvalue weighted by Crippen LogP contribution is 2.50. The third-order valence-electron chi connectivity index (χ3n) is 6.16. The summed E-state index contributed by atoms with van der Waals surface area (Å²) in [6, 6.07) is 5.67. The molecule has 0 radical (unpaired) electrons. The van der Waals surface area contributed by atoms with Crippen LogP contribution in [0.2, 0.25) is 0 Å². The maximum absolute atomic E-state index is 12.3. The molecule has 7 heteroatoms. The smallest absolute Gasteiger partial charge is 0.315 e. The van der Waals surface area contributed by atoms with Gasteiger partial charge in [0.1, 0.15) is 23.5 Å². The van der Waals surface area contributed by atoms with Crippen LogP contribution in [-0.4, -0.2) is 52.6 Å². The summed E-state index contributed by atoms with van der Waals surface area (Å²) in [6.45, 7) is 7.15. The Bertz CT molecular complexity index is 894. The number of hydrogen-bond donors (Lipinski definition) is 1. The van der Waals surface area contributed by atoms with E-state index in [4.69, 9.17) is 9.47 Å². The van der Waals surface area contributed by atoms with Crippen LogP contribution in [0.5, 0.6) is 11.5 Å². The van der Waals surface area contributed by atoms with Gasteiger partial charge in [0.2, 0.25) is 0 Å². The van der Waals surface area contributed by atoms with Gasteiger partial charge in [0.25, 0.3) is 0 Å². The molecule has 7 nitrogen and oxygen atoms in total. The molecular weight excluding hydrogens is 358 g/mol. The van der Waals surface area contributed by atoms with Crippen molar-refractivity contribution in [2.24, 2.45) is 5.41 Å². The van der Waals surface area contributed by atoms with Crippen molar-refractivity contribution >= 4 is 5.97 Å². The Balaban J connectivity index is 1.62. The van der Waals surface area contributed by atoms with E-state index < -0.39 is 11.4 Å². The number of carbonyl (C=O) groups is 1. The first-order chi connectivity index (χ1) is 13.5. The molecule has 28 heavy (non-hydrogen) atoms. The summed E-state index contributed by atoms with van der Waals surface area (Å²) >= 11 is 0. The molecule has 1 N–H and O–H groups in total. The van der Waals surface area contributed by atoms with Gasteiger partial charge in [-0.1, -0.05) is 13.0 Å². The summed E-state index contributed by atoms with van der Waals surface area (Å²) in [5, 5.41) is 14.6. The summed E-state index contributed by atoms with van der Waals surface area (Å²) < 4.78 is 13.2. The maximum atomic E-state index is 12.3. The second-order valence-corrected chi connectivity index (χ2v) is 7.85. The number of ether oxygens (including phenoxy) is 2. The monoisotopic (exact) mass is 385 g/mol. The van der Waals surface area contributed by atoms with E-state index in [0.717, 1.165) is 41.3 Å². The molecule has 2 aliphatic rings. The number of aromatic nitrogens is 2. The molecule has 3 heterocycles. The van der Waals surface area contributed by atoms with Crippen molar-refractivity contribution in [3.05, 3.63) is 41.2 Å². The van der Waals surface area contributed by atoms with E-state index in [-0.39, 0.29) is 12.5 Å². The molecular formula is C21H27N3O4. The van der Waals surface area contributed by atoms with Gasteiger partial charge in [-0.25, -0.2) is 0 Å². The highest BCUT2D eigenvalue weighted by Gasteiger charge is 2.56. The standard InChI is InChI=1S/C21H27N3O4/c1-4-7-24-14(2)15(9-22-24)10-23-11-18-17-6-5-16(27-3)8-19(17)28-13-21(18,12-23)20(25)26/h5-6,8-9,18H,4,7,10-13H2,1-3H3,(H,25,26)/t18-,21-/m0/s1. The van der Waals surface area contributed by atoms with Crippen molar-refractivity contribution < 1.29 is 19.4 Å². The minimum Gasteiger partial charge on any atom is -0.497 e. The summed E-state index contributed by atoms with van der Waals surface area (Å²) in [7, 11) is 1.62. The normalized spacial score (nSPS) is 23.8. The van der Waals surface area contributed by atoms with E-state index in [9.17, 15) is 9.90 Å². The van der Waals surface area contributed by atoms with E-state index in [1.165, 1.54) is 0 Å². The van der Waals surface area contributed by atoms with Crippen LogP contribution in [0.3, 0.4) is 0 Å². The number of benzene rings is 1. The van der Waals surface area contributed by atoms with Crippen molar-refractivity contribution in [3.8, 4) is 11.5 Å². The number of carboxylic acids is 1. The molecule has 1 aromatic carbocycles. The molecule has 2 aliphatic heterocycles. The van der Waals surface area contributed by atoms with Crippen LogP contribution in [0.1, 0.15) is 36.1 Å². The molecule has 0 spiro atoms. The van der Waals surface area contributed by atoms with Crippen LogP contribution in [-0.2, 0) is 17.9 Å². The van der Waals surface area contributed by atoms with Crippen LogP contribution < -0.4 is 9.47 Å². The van der Waals surface area contributed by atoms with E-state index in [1.54, 1.807) is 7.11 Å². The molecule has 0 aliphatic carbocycles. The van der Waals surface area contributed by atoms with Gasteiger partial charge in [0, 0.05) is 55.0 Å². The molecule has 2 atom stereocenters. The van der Waals surface area contributed by atoms with Crippen molar-refractivity contribution in [2.45, 2.75) is 39.3 Å². The summed E-state index contributed by atoms with van der Waals surface area (Å²) in [4.78, 5) is 14.5. The molecule has 4 rings (SSSR count). The number of nitrogens with zero attached hydrogens (tertiary/aromatic N) is 3. The van der Waals surface area contributed by atoms with Crippen LogP contribution in [0.15, 0.2) is 24.4 Å². The molecule has 150 valence electrons. The van der Waals surface area contributed by atoms with E-state index >= 15 is 0 Å². The third kappa shape index (κ3) is 2.94. The van der Waals surface area contributed by atoms with Crippen LogP contribution in [0.25, 0.3) is 0 Å². The van der Waals surface area contributed by atoms with Crippen LogP contribution >= 0.6 is 0 Å². The fourth-order valence-corrected chi connectivity index (χ4v) is 4.53. The quantitative estimate of drug-likeness (QED) is 0.824. The lowest BCUT2D eigenvalue weighted by Gasteiger charge is -2.36. The van der Waals surface area contributed by atoms with E-state index in [2.05, 4.69) is 23.8 Å². The first-order valence-electron chi connectivity index (χ1n) is 9.76. The lowest BCUT2D eigenvalue weighted by atomic mass is 9.73. The summed E-state index contributed by atoms with van der Waals surface area (Å²) in [6.07, 6.45) is 2.95. The van der Waals surface area contributed by atoms with Crippen molar-refractivity contribution in [1.82, 2.24) is 14.7 Å². The van der Waals surface area contributed by atoms with Gasteiger partial charge < -0.3 is 14.6 Å². The number of hydrogen-bond acceptors (Lipinski definition) is 5. The fourth-order valence-electron chi connectivity index (χ4n) is 4.53. The predicted molar refractivity (Wildman–Crippen MR) is 104 cm³/mol. The lowest BCUT2D eigenvalue weighted by Crippen LogP contribution is -2.45. The average Bonchev–Trinajstić information content (AvgIpc) is 3.24. The molecule has 1 saturated heterocycles. The molecule has 2 aromatic rings. The number of methoxy groups -OCH3 is 1. The Morgan fingerprint density at radius 3 is 3.00 bits per heavy atom. The fraction of sp³-hybridized carbons (Fsp3) is 0.524. The third-order valence-corrected chi connectivity index (χ3v) is 6.16. The molecule has 0 saturated carbocycles. The van der Waals surface area contributed by atoms with Gasteiger partial charge in [0.05, 0.1) is 13.3 Å². The predicted octanol–water partition coefficient (Wildman–Crippen LogP) is 2.67. The topological polar surface area (TPSA) is 76.8 Å². The Morgan fingerprint density at radius 1 is 1.46 bits per heavy atom. The number of aliphatic carboxylic acids is 1. The first-order valence-corrected chi connectivity index (χ1v) is 9.76. The Kier molecular flexibility index (Phi) is 4.79. The van der Waals surface area contributed by atoms with Gasteiger partial charge in [0.15, 0.2) is 0 Å². The first kappa shape index (κ1) is 18.8. The van der Waals surface area contributed by atoms with Gasteiger partial charge in [-0.2, -0.15) is 5.10 Å². The number of likely N-dealkylation sites (tertiary alicyclic amines) is 1. The van der Waals surface area contributed by atoms with Gasteiger partial charge in [-0.3, -0.25) is 14.4 Å². The number of fused-ring (bicyclic) bond motifs is 3. The van der Waals surface area contributed by atoms with Crippen LogP contribution in [0, 0.1) is 12.3 Å². The minimum atomic E-state index is -0.922.